The number of carboxylic acid groups (broad SMARTS) is 1. The molecule has 1 aromatic rings. The van der Waals surface area contributed by atoms with Crippen molar-refractivity contribution in [1.29, 1.82) is 0 Å². The quantitative estimate of drug-likeness (QED) is 0.866. The fraction of sp³-hybridized carbons (Fsp3) is 0.500. The van der Waals surface area contributed by atoms with Crippen molar-refractivity contribution in [3.05, 3.63) is 33.8 Å². The van der Waals surface area contributed by atoms with Gasteiger partial charge in [0.15, 0.2) is 0 Å². The molecule has 2 N–H and O–H groups in total. The van der Waals surface area contributed by atoms with E-state index < -0.39 is 11.9 Å². The molecule has 1 aliphatic rings. The van der Waals surface area contributed by atoms with Crippen LogP contribution in [0.5, 0.6) is 0 Å². The van der Waals surface area contributed by atoms with Gasteiger partial charge in [0.25, 0.3) is 0 Å². The number of carbonyl (C=O) groups excluding carboxylic acids is 1. The Morgan fingerprint density at radius 3 is 2.64 bits per heavy atom. The third-order valence-corrected chi connectivity index (χ3v) is 5.03. The zero-order valence-electron chi connectivity index (χ0n) is 12.3. The fourth-order valence-corrected chi connectivity index (χ4v) is 3.39. The number of amides is 1. The topological polar surface area (TPSA) is 66.4 Å². The predicted octanol–water partition coefficient (Wildman–Crippen LogP) is 4.06. The summed E-state index contributed by atoms with van der Waals surface area (Å²) in [5, 5.41) is 12.9. The van der Waals surface area contributed by atoms with Crippen LogP contribution in [0, 0.1) is 11.8 Å². The molecule has 1 fully saturated rings. The summed E-state index contributed by atoms with van der Waals surface area (Å²) in [6.07, 6.45) is 2.54. The summed E-state index contributed by atoms with van der Waals surface area (Å²) in [6, 6.07) is 5.03. The highest BCUT2D eigenvalue weighted by Crippen LogP contribution is 2.32. The minimum absolute atomic E-state index is 0.116. The lowest BCUT2D eigenvalue weighted by Crippen LogP contribution is -2.36. The number of halogens is 2. The van der Waals surface area contributed by atoms with Gasteiger partial charge in [-0.1, -0.05) is 41.8 Å². The third-order valence-electron chi connectivity index (χ3n) is 4.20. The minimum atomic E-state index is -0.816. The summed E-state index contributed by atoms with van der Waals surface area (Å²) in [4.78, 5) is 23.5. The van der Waals surface area contributed by atoms with Crippen molar-refractivity contribution in [2.24, 2.45) is 11.8 Å². The van der Waals surface area contributed by atoms with Gasteiger partial charge in [-0.2, -0.15) is 0 Å². The van der Waals surface area contributed by atoms with Gasteiger partial charge < -0.3 is 10.4 Å². The highest BCUT2D eigenvalue weighted by Gasteiger charge is 2.31. The van der Waals surface area contributed by atoms with Gasteiger partial charge in [0.2, 0.25) is 5.91 Å². The second-order valence-corrected chi connectivity index (χ2v) is 6.56. The van der Waals surface area contributed by atoms with E-state index in [0.717, 1.165) is 18.4 Å². The first-order chi connectivity index (χ1) is 10.4. The van der Waals surface area contributed by atoms with Crippen LogP contribution in [-0.4, -0.2) is 17.0 Å². The minimum Gasteiger partial charge on any atom is -0.481 e. The molecule has 0 radical (unpaired) electrons. The molecular weight excluding hydrogens is 325 g/mol. The van der Waals surface area contributed by atoms with Crippen LogP contribution >= 0.6 is 23.2 Å². The van der Waals surface area contributed by atoms with Gasteiger partial charge in [-0.25, -0.2) is 0 Å². The van der Waals surface area contributed by atoms with Gasteiger partial charge in [0.05, 0.1) is 22.0 Å². The lowest BCUT2D eigenvalue weighted by molar-refractivity contribution is -0.144. The van der Waals surface area contributed by atoms with Gasteiger partial charge in [-0.05, 0) is 37.8 Å². The van der Waals surface area contributed by atoms with Crippen molar-refractivity contribution in [3.63, 3.8) is 0 Å². The Hall–Kier alpha value is -1.26. The Balaban J connectivity index is 2.02. The van der Waals surface area contributed by atoms with E-state index in [-0.39, 0.29) is 17.9 Å². The maximum absolute atomic E-state index is 12.4. The van der Waals surface area contributed by atoms with Gasteiger partial charge in [-0.3, -0.25) is 9.59 Å². The van der Waals surface area contributed by atoms with E-state index in [1.807, 2.05) is 13.0 Å². The molecule has 0 aliphatic heterocycles. The Labute approximate surface area is 139 Å². The van der Waals surface area contributed by atoms with Gasteiger partial charge >= 0.3 is 5.97 Å². The van der Waals surface area contributed by atoms with Crippen LogP contribution in [0.1, 0.15) is 44.2 Å². The second-order valence-electron chi connectivity index (χ2n) is 5.77. The van der Waals surface area contributed by atoms with Crippen LogP contribution < -0.4 is 5.32 Å². The maximum atomic E-state index is 12.4. The monoisotopic (exact) mass is 343 g/mol. The molecule has 3 atom stereocenters. The average molecular weight is 344 g/mol. The van der Waals surface area contributed by atoms with E-state index in [2.05, 4.69) is 5.32 Å². The molecule has 4 nitrogen and oxygen atoms in total. The molecule has 2 rings (SSSR count). The normalized spacial score (nSPS) is 22.9. The summed E-state index contributed by atoms with van der Waals surface area (Å²) in [6.45, 7) is 1.84. The molecule has 0 heterocycles. The first kappa shape index (κ1) is 17.1. The first-order valence-electron chi connectivity index (χ1n) is 7.37. The van der Waals surface area contributed by atoms with Crippen LogP contribution in [0.3, 0.4) is 0 Å². The number of nitrogens with one attached hydrogen (secondary N) is 1. The van der Waals surface area contributed by atoms with Crippen LogP contribution in [0.15, 0.2) is 18.2 Å². The zero-order chi connectivity index (χ0) is 16.3. The van der Waals surface area contributed by atoms with Crippen molar-refractivity contribution >= 4 is 35.1 Å². The lowest BCUT2D eigenvalue weighted by atomic mass is 9.81. The van der Waals surface area contributed by atoms with Crippen molar-refractivity contribution in [2.75, 3.05) is 0 Å². The molecule has 22 heavy (non-hydrogen) atoms. The summed E-state index contributed by atoms with van der Waals surface area (Å²) in [7, 11) is 0. The van der Waals surface area contributed by atoms with Crippen molar-refractivity contribution < 1.29 is 14.7 Å². The summed E-state index contributed by atoms with van der Waals surface area (Å²) < 4.78 is 0. The Morgan fingerprint density at radius 2 is 1.95 bits per heavy atom. The standard InChI is InChI=1S/C16H19Cl2NO3/c1-9(12-6-3-7-13(17)14(12)18)19-15(20)10-4-2-5-11(8-10)16(21)22/h3,6-7,9-11H,2,4-5,8H2,1H3,(H,19,20)(H,21,22). The van der Waals surface area contributed by atoms with Crippen molar-refractivity contribution in [1.82, 2.24) is 5.32 Å². The Morgan fingerprint density at radius 1 is 1.27 bits per heavy atom. The van der Waals surface area contributed by atoms with Crippen LogP contribution in [0.4, 0.5) is 0 Å². The third kappa shape index (κ3) is 3.93. The largest absolute Gasteiger partial charge is 0.481 e. The zero-order valence-corrected chi connectivity index (χ0v) is 13.8. The maximum Gasteiger partial charge on any atom is 0.306 e. The molecule has 3 unspecified atom stereocenters. The number of aliphatic carboxylic acids is 1. The number of benzene rings is 1. The van der Waals surface area contributed by atoms with Crippen molar-refractivity contribution in [2.45, 2.75) is 38.6 Å². The molecule has 0 aromatic heterocycles. The van der Waals surface area contributed by atoms with Gasteiger partial charge in [0.1, 0.15) is 0 Å². The van der Waals surface area contributed by atoms with E-state index in [0.29, 0.717) is 22.9 Å². The molecule has 1 aromatic carbocycles. The SMILES string of the molecule is CC(NC(=O)C1CCCC(C(=O)O)C1)c1cccc(Cl)c1Cl. The number of carbonyl (C=O) groups is 2. The van der Waals surface area contributed by atoms with E-state index in [4.69, 9.17) is 28.3 Å². The molecule has 6 heteroatoms. The molecule has 0 bridgehead atoms. The van der Waals surface area contributed by atoms with E-state index in [1.54, 1.807) is 12.1 Å². The van der Waals surface area contributed by atoms with Gasteiger partial charge in [-0.15, -0.1) is 0 Å². The van der Waals surface area contributed by atoms with Crippen LogP contribution in [0.25, 0.3) is 0 Å². The highest BCUT2D eigenvalue weighted by molar-refractivity contribution is 6.42. The summed E-state index contributed by atoms with van der Waals surface area (Å²) in [5.74, 6) is -1.61. The van der Waals surface area contributed by atoms with Crippen LogP contribution in [0.2, 0.25) is 10.0 Å². The number of hydrogen-bond donors (Lipinski definition) is 2. The Bertz CT molecular complexity index is 577. The molecule has 0 saturated heterocycles. The molecule has 120 valence electrons. The lowest BCUT2D eigenvalue weighted by Gasteiger charge is -2.27. The molecule has 1 saturated carbocycles. The summed E-state index contributed by atoms with van der Waals surface area (Å²) >= 11 is 12.1. The van der Waals surface area contributed by atoms with E-state index in [9.17, 15) is 9.59 Å². The van der Waals surface area contributed by atoms with Crippen LogP contribution in [-0.2, 0) is 9.59 Å². The average Bonchev–Trinajstić information content (AvgIpc) is 2.50. The Kier molecular flexibility index (Phi) is 5.70. The van der Waals surface area contributed by atoms with E-state index in [1.165, 1.54) is 0 Å². The van der Waals surface area contributed by atoms with Crippen molar-refractivity contribution in [3.8, 4) is 0 Å². The fourth-order valence-electron chi connectivity index (χ4n) is 2.92. The van der Waals surface area contributed by atoms with Gasteiger partial charge in [0, 0.05) is 5.92 Å². The smallest absolute Gasteiger partial charge is 0.306 e. The molecule has 1 aliphatic carbocycles. The number of hydrogen-bond acceptors (Lipinski definition) is 2. The van der Waals surface area contributed by atoms with E-state index >= 15 is 0 Å². The summed E-state index contributed by atoms with van der Waals surface area (Å²) in [5.41, 5.74) is 0.758. The highest BCUT2D eigenvalue weighted by atomic mass is 35.5. The number of rotatable bonds is 4. The number of carboxylic acids is 1. The second kappa shape index (κ2) is 7.34. The molecule has 1 amide bonds. The molecule has 0 spiro atoms. The first-order valence-corrected chi connectivity index (χ1v) is 8.12. The molecular formula is C16H19Cl2NO3. The predicted molar refractivity (Wildman–Crippen MR) is 86.1 cm³/mol.